The molecule has 0 bridgehead atoms. The molecule has 7 heteroatoms. The number of benzene rings is 1. The quantitative estimate of drug-likeness (QED) is 0.720. The van der Waals surface area contributed by atoms with E-state index in [1.165, 1.54) is 11.8 Å². The molecule has 5 nitrogen and oxygen atoms in total. The molecule has 3 rings (SSSR count). The molecule has 3 aromatic rings. The molecule has 0 saturated carbocycles. The average Bonchev–Trinajstić information content (AvgIpc) is 2.98. The van der Waals surface area contributed by atoms with Gasteiger partial charge in [0.05, 0.1) is 11.8 Å². The summed E-state index contributed by atoms with van der Waals surface area (Å²) in [6.45, 7) is 1.90. The molecule has 2 aromatic heterocycles. The molecular formula is C16H15ClN4OS. The van der Waals surface area contributed by atoms with Gasteiger partial charge in [0, 0.05) is 16.1 Å². The van der Waals surface area contributed by atoms with Crippen LogP contribution in [0.1, 0.15) is 18.8 Å². The molecular weight excluding hydrogens is 332 g/mol. The first-order valence-corrected chi connectivity index (χ1v) is 8.47. The highest BCUT2D eigenvalue weighted by molar-refractivity contribution is 8.00. The van der Waals surface area contributed by atoms with E-state index in [4.69, 9.17) is 11.6 Å². The van der Waals surface area contributed by atoms with Gasteiger partial charge in [-0.1, -0.05) is 17.7 Å². The predicted molar refractivity (Wildman–Crippen MR) is 91.7 cm³/mol. The topological polar surface area (TPSA) is 59.3 Å². The summed E-state index contributed by atoms with van der Waals surface area (Å²) in [6.07, 6.45) is 1.88. The van der Waals surface area contributed by atoms with Crippen LogP contribution in [0.3, 0.4) is 0 Å². The highest BCUT2D eigenvalue weighted by Crippen LogP contribution is 2.20. The number of carbonyl (C=O) groups is 1. The van der Waals surface area contributed by atoms with E-state index in [0.29, 0.717) is 16.6 Å². The summed E-state index contributed by atoms with van der Waals surface area (Å²) in [4.78, 5) is 13.1. The van der Waals surface area contributed by atoms with Crippen molar-refractivity contribution in [2.24, 2.45) is 0 Å². The van der Waals surface area contributed by atoms with Crippen molar-refractivity contribution in [3.8, 4) is 0 Å². The van der Waals surface area contributed by atoms with Gasteiger partial charge in [0.25, 0.3) is 0 Å². The van der Waals surface area contributed by atoms with Gasteiger partial charge in [-0.25, -0.2) is 0 Å². The highest BCUT2D eigenvalue weighted by atomic mass is 35.5. The SMILES string of the molecule is CC(NC(=O)CSc1ccc(Cl)cc1)c1nnc2ccccn12. The second-order valence-corrected chi connectivity index (χ2v) is 6.50. The van der Waals surface area contributed by atoms with E-state index < -0.39 is 0 Å². The Morgan fingerprint density at radius 3 is 2.83 bits per heavy atom. The van der Waals surface area contributed by atoms with Gasteiger partial charge in [-0.15, -0.1) is 22.0 Å². The lowest BCUT2D eigenvalue weighted by molar-refractivity contribution is -0.119. The van der Waals surface area contributed by atoms with Crippen LogP contribution in [-0.4, -0.2) is 26.3 Å². The predicted octanol–water partition coefficient (Wildman–Crippen LogP) is 3.35. The van der Waals surface area contributed by atoms with Crippen LogP contribution in [-0.2, 0) is 4.79 Å². The maximum Gasteiger partial charge on any atom is 0.230 e. The van der Waals surface area contributed by atoms with Crippen LogP contribution >= 0.6 is 23.4 Å². The number of aromatic nitrogens is 3. The van der Waals surface area contributed by atoms with Crippen molar-refractivity contribution >= 4 is 34.9 Å². The summed E-state index contributed by atoms with van der Waals surface area (Å²) in [5.74, 6) is 0.999. The van der Waals surface area contributed by atoms with Crippen molar-refractivity contribution in [3.05, 3.63) is 59.5 Å². The van der Waals surface area contributed by atoms with Crippen LogP contribution in [0.15, 0.2) is 53.6 Å². The molecule has 1 N–H and O–H groups in total. The van der Waals surface area contributed by atoms with Gasteiger partial charge in [0.15, 0.2) is 11.5 Å². The molecule has 0 aliphatic rings. The van der Waals surface area contributed by atoms with Gasteiger partial charge in [-0.2, -0.15) is 0 Å². The Morgan fingerprint density at radius 2 is 2.04 bits per heavy atom. The van der Waals surface area contributed by atoms with Crippen LogP contribution in [0.5, 0.6) is 0 Å². The summed E-state index contributed by atoms with van der Waals surface area (Å²) >= 11 is 7.31. The fourth-order valence-corrected chi connectivity index (χ4v) is 3.02. The van der Waals surface area contributed by atoms with Gasteiger partial charge < -0.3 is 5.32 Å². The van der Waals surface area contributed by atoms with Gasteiger partial charge >= 0.3 is 0 Å². The zero-order valence-corrected chi connectivity index (χ0v) is 14.0. The number of hydrogen-bond donors (Lipinski definition) is 1. The molecule has 0 aliphatic heterocycles. The smallest absolute Gasteiger partial charge is 0.230 e. The van der Waals surface area contributed by atoms with Gasteiger partial charge in [-0.3, -0.25) is 9.20 Å². The van der Waals surface area contributed by atoms with E-state index in [1.807, 2.05) is 60.0 Å². The summed E-state index contributed by atoms with van der Waals surface area (Å²) in [6, 6.07) is 12.9. The van der Waals surface area contributed by atoms with Crippen molar-refractivity contribution in [2.75, 3.05) is 5.75 Å². The molecule has 1 unspecified atom stereocenters. The van der Waals surface area contributed by atoms with Crippen LogP contribution in [0, 0.1) is 0 Å². The van der Waals surface area contributed by atoms with E-state index in [-0.39, 0.29) is 11.9 Å². The van der Waals surface area contributed by atoms with Crippen LogP contribution < -0.4 is 5.32 Å². The molecule has 0 saturated heterocycles. The van der Waals surface area contributed by atoms with Crippen molar-refractivity contribution in [1.82, 2.24) is 19.9 Å². The molecule has 2 heterocycles. The first kappa shape index (κ1) is 15.8. The van der Waals surface area contributed by atoms with Crippen LogP contribution in [0.2, 0.25) is 5.02 Å². The van der Waals surface area contributed by atoms with Gasteiger partial charge in [-0.05, 0) is 43.3 Å². The fraction of sp³-hybridized carbons (Fsp3) is 0.188. The van der Waals surface area contributed by atoms with Crippen LogP contribution in [0.25, 0.3) is 5.65 Å². The molecule has 1 atom stereocenters. The Kier molecular flexibility index (Phi) is 4.83. The van der Waals surface area contributed by atoms with E-state index in [1.54, 1.807) is 0 Å². The lowest BCUT2D eigenvalue weighted by Gasteiger charge is -2.12. The normalized spacial score (nSPS) is 12.3. The first-order valence-electron chi connectivity index (χ1n) is 7.11. The molecule has 118 valence electrons. The standard InChI is InChI=1S/C16H15ClN4OS/c1-11(16-20-19-14-4-2-3-9-21(14)16)18-15(22)10-23-13-7-5-12(17)6-8-13/h2-9,11H,10H2,1H3,(H,18,22). The van der Waals surface area contributed by atoms with Crippen molar-refractivity contribution in [1.29, 1.82) is 0 Å². The summed E-state index contributed by atoms with van der Waals surface area (Å²) in [5.41, 5.74) is 0.763. The minimum absolute atomic E-state index is 0.0508. The third-order valence-electron chi connectivity index (χ3n) is 3.29. The minimum Gasteiger partial charge on any atom is -0.346 e. The lowest BCUT2D eigenvalue weighted by Crippen LogP contribution is -2.29. The Balaban J connectivity index is 1.60. The third kappa shape index (κ3) is 3.83. The molecule has 0 spiro atoms. The van der Waals surface area contributed by atoms with Crippen molar-refractivity contribution in [2.45, 2.75) is 17.9 Å². The lowest BCUT2D eigenvalue weighted by atomic mass is 10.3. The molecule has 0 aliphatic carbocycles. The third-order valence-corrected chi connectivity index (χ3v) is 4.55. The minimum atomic E-state index is -0.217. The summed E-state index contributed by atoms with van der Waals surface area (Å²) < 4.78 is 1.87. The molecule has 1 aromatic carbocycles. The number of hydrogen-bond acceptors (Lipinski definition) is 4. The summed E-state index contributed by atoms with van der Waals surface area (Å²) in [5, 5.41) is 11.9. The number of nitrogens with zero attached hydrogens (tertiary/aromatic N) is 3. The van der Waals surface area contributed by atoms with E-state index in [0.717, 1.165) is 10.5 Å². The maximum absolute atomic E-state index is 12.1. The number of rotatable bonds is 5. The number of halogens is 1. The Bertz CT molecular complexity index is 818. The molecule has 0 radical (unpaired) electrons. The fourth-order valence-electron chi connectivity index (χ4n) is 2.18. The second kappa shape index (κ2) is 7.02. The van der Waals surface area contributed by atoms with Gasteiger partial charge in [0.1, 0.15) is 0 Å². The molecule has 1 amide bonds. The Hall–Kier alpha value is -2.05. The van der Waals surface area contributed by atoms with E-state index in [9.17, 15) is 4.79 Å². The van der Waals surface area contributed by atoms with Crippen molar-refractivity contribution in [3.63, 3.8) is 0 Å². The number of pyridine rings is 1. The number of nitrogens with one attached hydrogen (secondary N) is 1. The van der Waals surface area contributed by atoms with E-state index in [2.05, 4.69) is 15.5 Å². The monoisotopic (exact) mass is 346 g/mol. The zero-order chi connectivity index (χ0) is 16.2. The Labute approximate surface area is 143 Å². The van der Waals surface area contributed by atoms with Gasteiger partial charge in [0.2, 0.25) is 5.91 Å². The highest BCUT2D eigenvalue weighted by Gasteiger charge is 2.15. The number of fused-ring (bicyclic) bond motifs is 1. The second-order valence-electron chi connectivity index (χ2n) is 5.02. The number of amides is 1. The van der Waals surface area contributed by atoms with Crippen LogP contribution in [0.4, 0.5) is 0 Å². The maximum atomic E-state index is 12.1. The largest absolute Gasteiger partial charge is 0.346 e. The average molecular weight is 347 g/mol. The number of carbonyl (C=O) groups excluding carboxylic acids is 1. The molecule has 23 heavy (non-hydrogen) atoms. The zero-order valence-electron chi connectivity index (χ0n) is 12.4. The van der Waals surface area contributed by atoms with E-state index >= 15 is 0 Å². The Morgan fingerprint density at radius 1 is 1.26 bits per heavy atom. The molecule has 0 fully saturated rings. The summed E-state index contributed by atoms with van der Waals surface area (Å²) in [7, 11) is 0. The van der Waals surface area contributed by atoms with Crippen molar-refractivity contribution < 1.29 is 4.79 Å². The first-order chi connectivity index (χ1) is 11.1. The number of thioether (sulfide) groups is 1.